The van der Waals surface area contributed by atoms with Crippen LogP contribution in [0, 0.1) is 0 Å². The summed E-state index contributed by atoms with van der Waals surface area (Å²) in [5.41, 5.74) is 6.25. The Morgan fingerprint density at radius 2 is 2.36 bits per heavy atom. The molecular formula is C6H5BrN4. The first kappa shape index (κ1) is 6.60. The van der Waals surface area contributed by atoms with Crippen molar-refractivity contribution < 1.29 is 0 Å². The third kappa shape index (κ3) is 0.970. The van der Waals surface area contributed by atoms with Crippen LogP contribution in [0.4, 0.5) is 5.82 Å². The molecular weight excluding hydrogens is 208 g/mol. The largest absolute Gasteiger partial charge is 0.383 e. The average molecular weight is 213 g/mol. The van der Waals surface area contributed by atoms with Gasteiger partial charge in [0.25, 0.3) is 0 Å². The van der Waals surface area contributed by atoms with Crippen molar-refractivity contribution in [2.75, 3.05) is 5.73 Å². The van der Waals surface area contributed by atoms with E-state index in [1.54, 1.807) is 6.20 Å². The van der Waals surface area contributed by atoms with Gasteiger partial charge in [0.05, 0.1) is 10.7 Å². The van der Waals surface area contributed by atoms with Crippen LogP contribution in [0.3, 0.4) is 0 Å². The molecule has 0 aliphatic heterocycles. The van der Waals surface area contributed by atoms with E-state index in [1.165, 1.54) is 0 Å². The van der Waals surface area contributed by atoms with E-state index in [4.69, 9.17) is 5.73 Å². The number of nitrogen functional groups attached to an aromatic ring is 1. The van der Waals surface area contributed by atoms with Crippen molar-refractivity contribution in [1.29, 1.82) is 0 Å². The fraction of sp³-hybridized carbons (Fsp3) is 0. The van der Waals surface area contributed by atoms with Gasteiger partial charge in [-0.2, -0.15) is 5.10 Å². The highest BCUT2D eigenvalue weighted by molar-refractivity contribution is 9.10. The number of H-pyrrole nitrogens is 1. The van der Waals surface area contributed by atoms with Crippen molar-refractivity contribution in [2.45, 2.75) is 0 Å². The fourth-order valence-electron chi connectivity index (χ4n) is 0.868. The Balaban J connectivity index is 2.86. The minimum Gasteiger partial charge on any atom is -0.383 e. The second-order valence-electron chi connectivity index (χ2n) is 2.16. The standard InChI is InChI=1S/C6H5BrN4/c7-4-1-3-2-9-11-6(3)10-5(4)8/h1-2H,(H3,8,9,10,11). The lowest BCUT2D eigenvalue weighted by atomic mass is 10.3. The number of halogens is 1. The SMILES string of the molecule is Nc1nc2[nH]ncc2cc1Br. The molecule has 56 valence electrons. The first-order chi connectivity index (χ1) is 5.27. The maximum absolute atomic E-state index is 5.54. The predicted octanol–water partition coefficient (Wildman–Crippen LogP) is 1.30. The zero-order chi connectivity index (χ0) is 7.84. The van der Waals surface area contributed by atoms with E-state index in [0.717, 1.165) is 9.86 Å². The molecule has 5 heteroatoms. The van der Waals surface area contributed by atoms with Crippen LogP contribution in [0.15, 0.2) is 16.7 Å². The Hall–Kier alpha value is -1.10. The minimum atomic E-state index is 0.474. The zero-order valence-electron chi connectivity index (χ0n) is 5.50. The molecule has 0 spiro atoms. The van der Waals surface area contributed by atoms with Crippen molar-refractivity contribution in [3.63, 3.8) is 0 Å². The molecule has 2 aromatic heterocycles. The van der Waals surface area contributed by atoms with Gasteiger partial charge in [0.1, 0.15) is 5.82 Å². The number of hydrogen-bond acceptors (Lipinski definition) is 3. The van der Waals surface area contributed by atoms with Gasteiger partial charge >= 0.3 is 0 Å². The summed E-state index contributed by atoms with van der Waals surface area (Å²) in [6.45, 7) is 0. The Labute approximate surface area is 70.9 Å². The number of fused-ring (bicyclic) bond motifs is 1. The van der Waals surface area contributed by atoms with Gasteiger partial charge in [0.15, 0.2) is 5.65 Å². The molecule has 0 aromatic carbocycles. The van der Waals surface area contributed by atoms with Gasteiger partial charge in [-0.1, -0.05) is 0 Å². The Kier molecular flexibility index (Phi) is 1.32. The molecule has 2 heterocycles. The smallest absolute Gasteiger partial charge is 0.157 e. The normalized spacial score (nSPS) is 10.6. The van der Waals surface area contributed by atoms with Crippen LogP contribution < -0.4 is 5.73 Å². The van der Waals surface area contributed by atoms with E-state index < -0.39 is 0 Å². The monoisotopic (exact) mass is 212 g/mol. The fourth-order valence-corrected chi connectivity index (χ4v) is 1.20. The molecule has 2 aromatic rings. The van der Waals surface area contributed by atoms with E-state index in [1.807, 2.05) is 6.07 Å². The highest BCUT2D eigenvalue weighted by atomic mass is 79.9. The van der Waals surface area contributed by atoms with Crippen molar-refractivity contribution in [2.24, 2.45) is 0 Å². The van der Waals surface area contributed by atoms with Crippen LogP contribution in [0.25, 0.3) is 11.0 Å². The lowest BCUT2D eigenvalue weighted by molar-refractivity contribution is 1.10. The molecule has 0 bridgehead atoms. The van der Waals surface area contributed by atoms with Crippen molar-refractivity contribution in [3.8, 4) is 0 Å². The summed E-state index contributed by atoms with van der Waals surface area (Å²) in [5, 5.41) is 7.50. The summed E-state index contributed by atoms with van der Waals surface area (Å²) in [6.07, 6.45) is 1.70. The van der Waals surface area contributed by atoms with Crippen molar-refractivity contribution in [3.05, 3.63) is 16.7 Å². The van der Waals surface area contributed by atoms with Gasteiger partial charge in [-0.15, -0.1) is 0 Å². The van der Waals surface area contributed by atoms with Crippen LogP contribution in [-0.2, 0) is 0 Å². The molecule has 0 fully saturated rings. The van der Waals surface area contributed by atoms with Gasteiger partial charge in [-0.3, -0.25) is 5.10 Å². The number of rotatable bonds is 0. The molecule has 2 rings (SSSR count). The molecule has 4 nitrogen and oxygen atoms in total. The molecule has 0 saturated heterocycles. The van der Waals surface area contributed by atoms with E-state index in [0.29, 0.717) is 11.5 Å². The highest BCUT2D eigenvalue weighted by Gasteiger charge is 2.01. The number of aromatic amines is 1. The lowest BCUT2D eigenvalue weighted by Crippen LogP contribution is -1.91. The first-order valence-corrected chi connectivity index (χ1v) is 3.82. The average Bonchev–Trinajstić information content (AvgIpc) is 2.36. The summed E-state index contributed by atoms with van der Waals surface area (Å²) in [7, 11) is 0. The first-order valence-electron chi connectivity index (χ1n) is 3.02. The summed E-state index contributed by atoms with van der Waals surface area (Å²) in [4.78, 5) is 4.05. The van der Waals surface area contributed by atoms with E-state index in [-0.39, 0.29) is 0 Å². The summed E-state index contributed by atoms with van der Waals surface area (Å²) >= 11 is 3.27. The molecule has 0 aliphatic carbocycles. The number of anilines is 1. The number of aromatic nitrogens is 3. The molecule has 0 unspecified atom stereocenters. The van der Waals surface area contributed by atoms with E-state index >= 15 is 0 Å². The van der Waals surface area contributed by atoms with Crippen molar-refractivity contribution in [1.82, 2.24) is 15.2 Å². The second-order valence-corrected chi connectivity index (χ2v) is 3.02. The number of nitrogens with one attached hydrogen (secondary N) is 1. The molecule has 3 N–H and O–H groups in total. The molecule has 0 amide bonds. The Bertz CT molecular complexity index is 358. The summed E-state index contributed by atoms with van der Waals surface area (Å²) < 4.78 is 0.798. The third-order valence-corrected chi connectivity index (χ3v) is 2.04. The number of pyridine rings is 1. The Morgan fingerprint density at radius 3 is 3.18 bits per heavy atom. The maximum Gasteiger partial charge on any atom is 0.157 e. The zero-order valence-corrected chi connectivity index (χ0v) is 7.09. The molecule has 0 atom stereocenters. The number of nitrogens with two attached hydrogens (primary N) is 1. The van der Waals surface area contributed by atoms with Gasteiger partial charge in [-0.05, 0) is 22.0 Å². The van der Waals surface area contributed by atoms with Crippen LogP contribution in [0.1, 0.15) is 0 Å². The predicted molar refractivity (Wildman–Crippen MR) is 46.0 cm³/mol. The third-order valence-electron chi connectivity index (χ3n) is 1.41. The topological polar surface area (TPSA) is 67.6 Å². The molecule has 11 heavy (non-hydrogen) atoms. The highest BCUT2D eigenvalue weighted by Crippen LogP contribution is 2.20. The van der Waals surface area contributed by atoms with Gasteiger partial charge in [0, 0.05) is 5.39 Å². The van der Waals surface area contributed by atoms with Crippen molar-refractivity contribution >= 4 is 32.8 Å². The number of hydrogen-bond donors (Lipinski definition) is 2. The quantitative estimate of drug-likeness (QED) is 0.692. The minimum absolute atomic E-state index is 0.474. The number of nitrogens with zero attached hydrogens (tertiary/aromatic N) is 2. The van der Waals surface area contributed by atoms with Gasteiger partial charge in [-0.25, -0.2) is 4.98 Å². The molecule has 0 aliphatic rings. The molecule has 0 radical (unpaired) electrons. The van der Waals surface area contributed by atoms with Crippen LogP contribution in [0.2, 0.25) is 0 Å². The Morgan fingerprint density at radius 1 is 1.55 bits per heavy atom. The van der Waals surface area contributed by atoms with Crippen LogP contribution >= 0.6 is 15.9 Å². The van der Waals surface area contributed by atoms with E-state index in [9.17, 15) is 0 Å². The molecule has 0 saturated carbocycles. The summed E-state index contributed by atoms with van der Waals surface area (Å²) in [6, 6.07) is 1.88. The van der Waals surface area contributed by atoms with Gasteiger partial charge in [0.2, 0.25) is 0 Å². The van der Waals surface area contributed by atoms with Crippen LogP contribution in [-0.4, -0.2) is 15.2 Å². The maximum atomic E-state index is 5.54. The second kappa shape index (κ2) is 2.20. The van der Waals surface area contributed by atoms with Crippen LogP contribution in [0.5, 0.6) is 0 Å². The lowest BCUT2D eigenvalue weighted by Gasteiger charge is -1.94. The summed E-state index contributed by atoms with van der Waals surface area (Å²) in [5.74, 6) is 0.474. The van der Waals surface area contributed by atoms with Gasteiger partial charge < -0.3 is 5.73 Å². The van der Waals surface area contributed by atoms with E-state index in [2.05, 4.69) is 31.1 Å².